The molecule has 2 aromatic rings. The van der Waals surface area contributed by atoms with Crippen LogP contribution in [0.1, 0.15) is 45.6 Å². The maximum absolute atomic E-state index is 12.4. The first-order chi connectivity index (χ1) is 13.8. The van der Waals surface area contributed by atoms with Gasteiger partial charge in [-0.25, -0.2) is 4.79 Å². The van der Waals surface area contributed by atoms with E-state index in [1.165, 1.54) is 5.69 Å². The second kappa shape index (κ2) is 7.47. The van der Waals surface area contributed by atoms with E-state index in [2.05, 4.69) is 76.0 Å². The number of carbonyl (C=O) groups is 1. The fourth-order valence-corrected chi connectivity index (χ4v) is 3.87. The van der Waals surface area contributed by atoms with Crippen LogP contribution in [0.15, 0.2) is 67.0 Å². The minimum Gasteiger partial charge on any atom is -0.444 e. The van der Waals surface area contributed by atoms with E-state index in [0.717, 1.165) is 37.2 Å². The fourth-order valence-electron chi connectivity index (χ4n) is 3.87. The molecule has 1 heterocycles. The van der Waals surface area contributed by atoms with Crippen LogP contribution < -0.4 is 15.1 Å². The van der Waals surface area contributed by atoms with Gasteiger partial charge in [-0.1, -0.05) is 30.3 Å². The molecule has 0 saturated heterocycles. The largest absolute Gasteiger partial charge is 0.444 e. The van der Waals surface area contributed by atoms with Gasteiger partial charge in [-0.2, -0.15) is 0 Å². The van der Waals surface area contributed by atoms with Gasteiger partial charge in [0.05, 0.1) is 12.2 Å². The van der Waals surface area contributed by atoms with Crippen LogP contribution in [0.5, 0.6) is 0 Å². The summed E-state index contributed by atoms with van der Waals surface area (Å²) in [7, 11) is 0. The summed E-state index contributed by atoms with van der Waals surface area (Å²) in [5.74, 6) is 0. The van der Waals surface area contributed by atoms with Gasteiger partial charge in [0, 0.05) is 23.8 Å². The van der Waals surface area contributed by atoms with Crippen molar-refractivity contribution in [3.63, 3.8) is 0 Å². The number of rotatable bonds is 4. The summed E-state index contributed by atoms with van der Waals surface area (Å²) in [4.78, 5) is 16.9. The summed E-state index contributed by atoms with van der Waals surface area (Å²) in [6.07, 6.45) is 6.81. The van der Waals surface area contributed by atoms with E-state index >= 15 is 0 Å². The number of nitrogens with one attached hydrogen (secondary N) is 1. The van der Waals surface area contributed by atoms with Gasteiger partial charge in [0.15, 0.2) is 0 Å². The third kappa shape index (κ3) is 4.24. The Labute approximate surface area is 173 Å². The van der Waals surface area contributed by atoms with E-state index < -0.39 is 5.60 Å². The fraction of sp³-hybridized carbons (Fsp3) is 0.375. The zero-order valence-electron chi connectivity index (χ0n) is 17.4. The topological polar surface area (TPSA) is 44.8 Å². The van der Waals surface area contributed by atoms with Crippen molar-refractivity contribution in [2.75, 3.05) is 16.5 Å². The molecule has 5 nitrogen and oxygen atoms in total. The zero-order chi connectivity index (χ0) is 20.5. The predicted molar refractivity (Wildman–Crippen MR) is 117 cm³/mol. The Morgan fingerprint density at radius 2 is 1.62 bits per heavy atom. The molecule has 152 valence electrons. The van der Waals surface area contributed by atoms with Crippen LogP contribution in [-0.4, -0.2) is 18.4 Å². The van der Waals surface area contributed by atoms with Crippen molar-refractivity contribution in [3.8, 4) is 0 Å². The number of anilines is 2. The Morgan fingerprint density at radius 1 is 0.966 bits per heavy atom. The van der Waals surface area contributed by atoms with Crippen LogP contribution in [0.25, 0.3) is 0 Å². The molecule has 0 spiro atoms. The average molecular weight is 392 g/mol. The van der Waals surface area contributed by atoms with Gasteiger partial charge in [0.25, 0.3) is 0 Å². The lowest BCUT2D eigenvalue weighted by atomic mass is 9.72. The molecule has 1 aliphatic heterocycles. The highest BCUT2D eigenvalue weighted by atomic mass is 16.6. The number of hydrogen-bond donors (Lipinski definition) is 1. The molecule has 1 saturated carbocycles. The molecular formula is C24H29N3O2. The molecule has 1 N–H and O–H groups in total. The summed E-state index contributed by atoms with van der Waals surface area (Å²) in [5, 5.41) is 3.15. The lowest BCUT2D eigenvalue weighted by Crippen LogP contribution is -2.52. The van der Waals surface area contributed by atoms with Gasteiger partial charge in [-0.15, -0.1) is 0 Å². The molecule has 0 unspecified atom stereocenters. The molecule has 0 radical (unpaired) electrons. The third-order valence-corrected chi connectivity index (χ3v) is 5.50. The third-order valence-electron chi connectivity index (χ3n) is 5.50. The maximum Gasteiger partial charge on any atom is 0.408 e. The van der Waals surface area contributed by atoms with Crippen molar-refractivity contribution in [3.05, 3.63) is 72.6 Å². The number of carbonyl (C=O) groups excluding carboxylic acids is 1. The summed E-state index contributed by atoms with van der Waals surface area (Å²) in [5.41, 5.74) is 2.59. The lowest BCUT2D eigenvalue weighted by molar-refractivity contribution is 0.0377. The highest BCUT2D eigenvalue weighted by Gasteiger charge is 2.41. The molecule has 0 aromatic heterocycles. The Kier molecular flexibility index (Phi) is 4.99. The van der Waals surface area contributed by atoms with Crippen molar-refractivity contribution in [1.29, 1.82) is 0 Å². The summed E-state index contributed by atoms with van der Waals surface area (Å²) in [6.45, 7) is 6.43. The molecule has 29 heavy (non-hydrogen) atoms. The molecule has 5 heteroatoms. The van der Waals surface area contributed by atoms with Gasteiger partial charge >= 0.3 is 6.09 Å². The lowest BCUT2D eigenvalue weighted by Gasteiger charge is -2.43. The zero-order valence-corrected chi connectivity index (χ0v) is 17.4. The number of hydrogen-bond acceptors (Lipinski definition) is 4. The SMILES string of the molecule is CC(C)(C)OC(=O)NC1(c2cccc(N3C=CN(c4ccccc4)C3)c2)CCC1. The minimum atomic E-state index is -0.502. The molecule has 2 aliphatic rings. The Hall–Kier alpha value is -2.95. The van der Waals surface area contributed by atoms with Crippen molar-refractivity contribution in [2.45, 2.75) is 51.2 Å². The van der Waals surface area contributed by atoms with Gasteiger partial charge in [-0.3, -0.25) is 0 Å². The number of alkyl carbamates (subject to hydrolysis) is 1. The number of para-hydroxylation sites is 1. The predicted octanol–water partition coefficient (Wildman–Crippen LogP) is 5.35. The number of nitrogens with zero attached hydrogens (tertiary/aromatic N) is 2. The monoisotopic (exact) mass is 391 g/mol. The van der Waals surface area contributed by atoms with E-state index in [0.29, 0.717) is 0 Å². The summed E-state index contributed by atoms with van der Waals surface area (Å²) < 4.78 is 5.51. The molecule has 0 bridgehead atoms. The molecule has 1 aliphatic carbocycles. The van der Waals surface area contributed by atoms with Gasteiger partial charge in [0.1, 0.15) is 5.60 Å². The van der Waals surface area contributed by atoms with Crippen LogP contribution in [0.2, 0.25) is 0 Å². The Bertz CT molecular complexity index is 898. The Balaban J connectivity index is 1.50. The average Bonchev–Trinajstić information content (AvgIpc) is 3.14. The van der Waals surface area contributed by atoms with E-state index in [9.17, 15) is 4.79 Å². The van der Waals surface area contributed by atoms with Crippen molar-refractivity contribution >= 4 is 17.5 Å². The summed E-state index contributed by atoms with van der Waals surface area (Å²) in [6, 6.07) is 18.8. The first kappa shape index (κ1) is 19.4. The van der Waals surface area contributed by atoms with Crippen LogP contribution in [-0.2, 0) is 10.3 Å². The second-order valence-corrected chi connectivity index (χ2v) is 8.83. The number of amides is 1. The quantitative estimate of drug-likeness (QED) is 0.763. The highest BCUT2D eigenvalue weighted by molar-refractivity contribution is 5.70. The maximum atomic E-state index is 12.4. The molecular weight excluding hydrogens is 362 g/mol. The standard InChI is InChI=1S/C24H29N3O2/c1-23(2,3)29-22(28)25-24(13-8-14-24)19-9-7-12-21(17-19)27-16-15-26(18-27)20-10-5-4-6-11-20/h4-7,9-12,15-17H,8,13-14,18H2,1-3H3,(H,25,28). The van der Waals surface area contributed by atoms with E-state index in [1.807, 2.05) is 26.8 Å². The normalized spacial score (nSPS) is 17.8. The van der Waals surface area contributed by atoms with Gasteiger partial charge in [0.2, 0.25) is 0 Å². The van der Waals surface area contributed by atoms with E-state index in [1.54, 1.807) is 0 Å². The van der Waals surface area contributed by atoms with Crippen molar-refractivity contribution in [2.24, 2.45) is 0 Å². The molecule has 1 amide bonds. The van der Waals surface area contributed by atoms with Crippen LogP contribution in [0.3, 0.4) is 0 Å². The molecule has 1 fully saturated rings. The van der Waals surface area contributed by atoms with E-state index in [4.69, 9.17) is 4.74 Å². The number of ether oxygens (including phenoxy) is 1. The second-order valence-electron chi connectivity index (χ2n) is 8.83. The van der Waals surface area contributed by atoms with E-state index in [-0.39, 0.29) is 11.6 Å². The smallest absolute Gasteiger partial charge is 0.408 e. The van der Waals surface area contributed by atoms with Crippen LogP contribution in [0, 0.1) is 0 Å². The summed E-state index contributed by atoms with van der Waals surface area (Å²) >= 11 is 0. The van der Waals surface area contributed by atoms with Crippen molar-refractivity contribution < 1.29 is 9.53 Å². The first-order valence-electron chi connectivity index (χ1n) is 10.2. The molecule has 4 rings (SSSR count). The van der Waals surface area contributed by atoms with Gasteiger partial charge in [-0.05, 0) is 69.9 Å². The van der Waals surface area contributed by atoms with Crippen LogP contribution >= 0.6 is 0 Å². The molecule has 0 atom stereocenters. The van der Waals surface area contributed by atoms with Crippen LogP contribution in [0.4, 0.5) is 16.2 Å². The van der Waals surface area contributed by atoms with Crippen molar-refractivity contribution in [1.82, 2.24) is 5.32 Å². The number of benzene rings is 2. The molecule has 2 aromatic carbocycles. The highest BCUT2D eigenvalue weighted by Crippen LogP contribution is 2.42. The minimum absolute atomic E-state index is 0.332. The Morgan fingerprint density at radius 3 is 2.24 bits per heavy atom. The first-order valence-corrected chi connectivity index (χ1v) is 10.2. The van der Waals surface area contributed by atoms with Gasteiger partial charge < -0.3 is 19.9 Å².